The van der Waals surface area contributed by atoms with E-state index in [2.05, 4.69) is 0 Å². The van der Waals surface area contributed by atoms with E-state index in [0.717, 1.165) is 11.1 Å². The highest BCUT2D eigenvalue weighted by Crippen LogP contribution is 2.31. The first-order valence-corrected chi connectivity index (χ1v) is 9.33. The van der Waals surface area contributed by atoms with Gasteiger partial charge in [0.25, 0.3) is 0 Å². The summed E-state index contributed by atoms with van der Waals surface area (Å²) in [6, 6.07) is 10.4. The van der Waals surface area contributed by atoms with Crippen molar-refractivity contribution >= 4 is 28.5 Å². The second kappa shape index (κ2) is 7.56. The SMILES string of the molecule is CCn1cc(C(=O)OCc2ccc3c(c2)OCCO3)c(=O)c2cc(Cl)ccc21. The van der Waals surface area contributed by atoms with E-state index in [4.69, 9.17) is 25.8 Å². The second-order valence-electron chi connectivity index (χ2n) is 6.37. The lowest BCUT2D eigenvalue weighted by Crippen LogP contribution is -2.21. The van der Waals surface area contributed by atoms with Crippen molar-refractivity contribution in [3.05, 3.63) is 69.0 Å². The maximum atomic E-state index is 12.8. The molecule has 0 saturated heterocycles. The molecule has 1 aromatic heterocycles. The highest BCUT2D eigenvalue weighted by Gasteiger charge is 2.18. The lowest BCUT2D eigenvalue weighted by molar-refractivity contribution is 0.0469. The van der Waals surface area contributed by atoms with E-state index in [1.54, 1.807) is 36.4 Å². The topological polar surface area (TPSA) is 66.8 Å². The van der Waals surface area contributed by atoms with Crippen LogP contribution < -0.4 is 14.9 Å². The van der Waals surface area contributed by atoms with Gasteiger partial charge in [-0.05, 0) is 42.8 Å². The van der Waals surface area contributed by atoms with Crippen LogP contribution in [0.15, 0.2) is 47.4 Å². The Hall–Kier alpha value is -2.99. The molecule has 144 valence electrons. The fraction of sp³-hybridized carbons (Fsp3) is 0.238. The van der Waals surface area contributed by atoms with Crippen molar-refractivity contribution in [2.75, 3.05) is 13.2 Å². The minimum Gasteiger partial charge on any atom is -0.486 e. The molecule has 0 bridgehead atoms. The molecule has 1 aliphatic rings. The zero-order valence-corrected chi connectivity index (χ0v) is 16.0. The molecule has 7 heteroatoms. The predicted octanol–water partition coefficient (Wildman–Crippen LogP) is 3.80. The number of hydrogen-bond acceptors (Lipinski definition) is 5. The Morgan fingerprint density at radius 1 is 1.14 bits per heavy atom. The molecule has 0 atom stereocenters. The molecule has 0 fully saturated rings. The van der Waals surface area contributed by atoms with E-state index >= 15 is 0 Å². The number of aromatic nitrogens is 1. The van der Waals surface area contributed by atoms with Gasteiger partial charge in [-0.1, -0.05) is 17.7 Å². The lowest BCUT2D eigenvalue weighted by atomic mass is 10.1. The minimum absolute atomic E-state index is 0.0193. The number of hydrogen-bond donors (Lipinski definition) is 0. The quantitative estimate of drug-likeness (QED) is 0.624. The summed E-state index contributed by atoms with van der Waals surface area (Å²) < 4.78 is 18.2. The Bertz CT molecular complexity index is 1120. The standard InChI is InChI=1S/C21H18ClNO5/c1-2-23-11-16(20(24)15-10-14(22)4-5-17(15)23)21(25)28-12-13-3-6-18-19(9-13)27-8-7-26-18/h3-6,9-11H,2,7-8,12H2,1H3. The van der Waals surface area contributed by atoms with E-state index in [1.807, 2.05) is 11.5 Å². The molecule has 0 radical (unpaired) electrons. The molecule has 0 aliphatic carbocycles. The summed E-state index contributed by atoms with van der Waals surface area (Å²) in [5.74, 6) is 0.607. The normalized spacial score (nSPS) is 12.8. The third-order valence-corrected chi connectivity index (χ3v) is 4.81. The highest BCUT2D eigenvalue weighted by atomic mass is 35.5. The maximum absolute atomic E-state index is 12.8. The van der Waals surface area contributed by atoms with Crippen molar-refractivity contribution in [2.24, 2.45) is 0 Å². The molecule has 3 aromatic rings. The fourth-order valence-electron chi connectivity index (χ4n) is 3.18. The number of carbonyl (C=O) groups excluding carboxylic acids is 1. The van der Waals surface area contributed by atoms with Crippen LogP contribution in [0.3, 0.4) is 0 Å². The van der Waals surface area contributed by atoms with Crippen LogP contribution in [-0.2, 0) is 17.9 Å². The molecule has 0 amide bonds. The molecular formula is C21H18ClNO5. The van der Waals surface area contributed by atoms with Crippen molar-refractivity contribution in [3.8, 4) is 11.5 Å². The van der Waals surface area contributed by atoms with Gasteiger partial charge in [-0.2, -0.15) is 0 Å². The molecule has 2 aromatic carbocycles. The zero-order valence-electron chi connectivity index (χ0n) is 15.2. The molecular weight excluding hydrogens is 382 g/mol. The average Bonchev–Trinajstić information content (AvgIpc) is 2.72. The van der Waals surface area contributed by atoms with E-state index in [0.29, 0.717) is 41.7 Å². The van der Waals surface area contributed by atoms with Gasteiger partial charge in [-0.25, -0.2) is 4.79 Å². The van der Waals surface area contributed by atoms with Gasteiger partial charge in [-0.3, -0.25) is 4.79 Å². The molecule has 0 N–H and O–H groups in total. The highest BCUT2D eigenvalue weighted by molar-refractivity contribution is 6.31. The Balaban J connectivity index is 1.60. The van der Waals surface area contributed by atoms with E-state index < -0.39 is 11.4 Å². The number of fused-ring (bicyclic) bond motifs is 2. The van der Waals surface area contributed by atoms with E-state index in [-0.39, 0.29) is 12.2 Å². The summed E-state index contributed by atoms with van der Waals surface area (Å²) in [4.78, 5) is 25.4. The van der Waals surface area contributed by atoms with Crippen molar-refractivity contribution < 1.29 is 19.0 Å². The Morgan fingerprint density at radius 2 is 1.93 bits per heavy atom. The van der Waals surface area contributed by atoms with E-state index in [9.17, 15) is 9.59 Å². The maximum Gasteiger partial charge on any atom is 0.343 e. The van der Waals surface area contributed by atoms with E-state index in [1.165, 1.54) is 6.20 Å². The third kappa shape index (κ3) is 3.43. The van der Waals surface area contributed by atoms with Gasteiger partial charge in [0, 0.05) is 23.2 Å². The molecule has 1 aliphatic heterocycles. The zero-order chi connectivity index (χ0) is 19.7. The Labute approximate surface area is 166 Å². The lowest BCUT2D eigenvalue weighted by Gasteiger charge is -2.18. The molecule has 28 heavy (non-hydrogen) atoms. The van der Waals surface area contributed by atoms with Gasteiger partial charge in [0.2, 0.25) is 5.43 Å². The second-order valence-corrected chi connectivity index (χ2v) is 6.81. The van der Waals surface area contributed by atoms with Crippen LogP contribution in [0.25, 0.3) is 10.9 Å². The summed E-state index contributed by atoms with van der Waals surface area (Å²) in [5, 5.41) is 0.831. The largest absolute Gasteiger partial charge is 0.486 e. The van der Waals surface area contributed by atoms with Gasteiger partial charge in [0.1, 0.15) is 25.4 Å². The number of halogens is 1. The van der Waals surface area contributed by atoms with Crippen molar-refractivity contribution in [1.82, 2.24) is 4.57 Å². The number of rotatable bonds is 4. The Kier molecular flexibility index (Phi) is 4.96. The molecule has 0 spiro atoms. The van der Waals surface area contributed by atoms with Crippen LogP contribution in [0.1, 0.15) is 22.8 Å². The van der Waals surface area contributed by atoms with Crippen LogP contribution in [0, 0.1) is 0 Å². The van der Waals surface area contributed by atoms with Crippen LogP contribution in [0.5, 0.6) is 11.5 Å². The number of ether oxygens (including phenoxy) is 3. The molecule has 4 rings (SSSR count). The predicted molar refractivity (Wildman–Crippen MR) is 105 cm³/mol. The van der Waals surface area contributed by atoms with Crippen LogP contribution in [0.4, 0.5) is 0 Å². The summed E-state index contributed by atoms with van der Waals surface area (Å²) >= 11 is 6.03. The molecule has 6 nitrogen and oxygen atoms in total. The van der Waals surface area contributed by atoms with Crippen LogP contribution in [-0.4, -0.2) is 23.8 Å². The van der Waals surface area contributed by atoms with Gasteiger partial charge >= 0.3 is 5.97 Å². The number of esters is 1. The minimum atomic E-state index is -0.677. The van der Waals surface area contributed by atoms with Crippen molar-refractivity contribution in [3.63, 3.8) is 0 Å². The Morgan fingerprint density at radius 3 is 2.71 bits per heavy atom. The number of benzene rings is 2. The molecule has 0 saturated carbocycles. The smallest absolute Gasteiger partial charge is 0.343 e. The molecule has 0 unspecified atom stereocenters. The van der Waals surface area contributed by atoms with Gasteiger partial charge in [0.05, 0.1) is 5.52 Å². The monoisotopic (exact) mass is 399 g/mol. The summed E-state index contributed by atoms with van der Waals surface area (Å²) in [7, 11) is 0. The first-order valence-electron chi connectivity index (χ1n) is 8.95. The van der Waals surface area contributed by atoms with Crippen molar-refractivity contribution in [2.45, 2.75) is 20.1 Å². The van der Waals surface area contributed by atoms with Crippen LogP contribution >= 0.6 is 11.6 Å². The van der Waals surface area contributed by atoms with Gasteiger partial charge < -0.3 is 18.8 Å². The number of carbonyl (C=O) groups is 1. The van der Waals surface area contributed by atoms with Gasteiger partial charge in [0.15, 0.2) is 11.5 Å². The number of nitrogens with zero attached hydrogens (tertiary/aromatic N) is 1. The average molecular weight is 400 g/mol. The third-order valence-electron chi connectivity index (χ3n) is 4.58. The number of pyridine rings is 1. The molecule has 2 heterocycles. The van der Waals surface area contributed by atoms with Crippen LogP contribution in [0.2, 0.25) is 5.02 Å². The summed E-state index contributed by atoms with van der Waals surface area (Å²) in [6.45, 7) is 3.54. The van der Waals surface area contributed by atoms with Gasteiger partial charge in [-0.15, -0.1) is 0 Å². The summed E-state index contributed by atoms with van der Waals surface area (Å²) in [6.07, 6.45) is 1.53. The fourth-order valence-corrected chi connectivity index (χ4v) is 3.35. The van der Waals surface area contributed by atoms with Crippen molar-refractivity contribution in [1.29, 1.82) is 0 Å². The number of aryl methyl sites for hydroxylation is 1. The summed E-state index contributed by atoms with van der Waals surface area (Å²) in [5.41, 5.74) is 1.06. The first kappa shape index (κ1) is 18.4. The first-order chi connectivity index (χ1) is 13.6.